The van der Waals surface area contributed by atoms with E-state index < -0.39 is 16.1 Å². The predicted molar refractivity (Wildman–Crippen MR) is 112 cm³/mol. The zero-order valence-corrected chi connectivity index (χ0v) is 18.0. The van der Waals surface area contributed by atoms with Crippen molar-refractivity contribution in [1.29, 1.82) is 0 Å². The number of hydrogen-bond donors (Lipinski definition) is 3. The van der Waals surface area contributed by atoms with Crippen molar-refractivity contribution in [3.63, 3.8) is 0 Å². The summed E-state index contributed by atoms with van der Waals surface area (Å²) in [6.45, 7) is 3.93. The van der Waals surface area contributed by atoms with Gasteiger partial charge in [0.2, 0.25) is 21.8 Å². The van der Waals surface area contributed by atoms with Crippen LogP contribution in [0, 0.1) is 5.92 Å². The molecule has 1 aromatic rings. The molecule has 29 heavy (non-hydrogen) atoms. The predicted octanol–water partition coefficient (Wildman–Crippen LogP) is 2.71. The topological polar surface area (TPSA) is 104 Å². The van der Waals surface area contributed by atoms with E-state index in [1.807, 2.05) is 13.8 Å². The van der Waals surface area contributed by atoms with Crippen molar-refractivity contribution in [1.82, 2.24) is 10.0 Å². The van der Waals surface area contributed by atoms with Gasteiger partial charge in [-0.3, -0.25) is 9.59 Å². The fourth-order valence-corrected chi connectivity index (χ4v) is 5.28. The molecule has 0 radical (unpaired) electrons. The number of amides is 2. The average Bonchev–Trinajstić information content (AvgIpc) is 3.07. The summed E-state index contributed by atoms with van der Waals surface area (Å²) in [6.07, 6.45) is 6.25. The number of hydrogen-bond acceptors (Lipinski definition) is 4. The second-order valence-corrected chi connectivity index (χ2v) is 10.2. The summed E-state index contributed by atoms with van der Waals surface area (Å²) in [5, 5.41) is 5.82. The van der Waals surface area contributed by atoms with E-state index in [0.29, 0.717) is 31.4 Å². The first-order chi connectivity index (χ1) is 13.7. The fourth-order valence-electron chi connectivity index (χ4n) is 4.03. The van der Waals surface area contributed by atoms with Gasteiger partial charge in [0.15, 0.2) is 0 Å². The van der Waals surface area contributed by atoms with E-state index in [1.54, 1.807) is 12.1 Å². The maximum atomic E-state index is 13.0. The van der Waals surface area contributed by atoms with Gasteiger partial charge in [0.1, 0.15) is 6.04 Å². The third-order valence-corrected chi connectivity index (χ3v) is 7.00. The lowest BCUT2D eigenvalue weighted by atomic mass is 10.0. The van der Waals surface area contributed by atoms with Gasteiger partial charge in [0, 0.05) is 18.2 Å². The van der Waals surface area contributed by atoms with Crippen LogP contribution in [0.3, 0.4) is 0 Å². The lowest BCUT2D eigenvalue weighted by Gasteiger charge is -2.22. The molecule has 1 heterocycles. The van der Waals surface area contributed by atoms with Crippen molar-refractivity contribution < 1.29 is 18.0 Å². The van der Waals surface area contributed by atoms with Gasteiger partial charge in [-0.2, -0.15) is 4.72 Å². The van der Waals surface area contributed by atoms with Crippen molar-refractivity contribution in [2.24, 2.45) is 5.92 Å². The van der Waals surface area contributed by atoms with E-state index in [4.69, 9.17) is 0 Å². The molecule has 0 aromatic heterocycles. The number of carbonyl (C=O) groups is 2. The Bertz CT molecular complexity index is 861. The van der Waals surface area contributed by atoms with Gasteiger partial charge in [-0.15, -0.1) is 0 Å². The molecule has 0 bridgehead atoms. The largest absolute Gasteiger partial charge is 0.352 e. The monoisotopic (exact) mass is 421 g/mol. The summed E-state index contributed by atoms with van der Waals surface area (Å²) < 4.78 is 28.7. The quantitative estimate of drug-likeness (QED) is 0.630. The van der Waals surface area contributed by atoms with E-state index in [1.165, 1.54) is 6.07 Å². The molecule has 1 aromatic carbocycles. The highest BCUT2D eigenvalue weighted by atomic mass is 32.2. The number of sulfonamides is 1. The SMILES string of the molecule is CC(C)CC(NS(=O)(=O)c1ccc2c(c1)CCCC(=O)N2)C(=O)NC1CCCC1. The molecule has 0 spiro atoms. The third kappa shape index (κ3) is 5.79. The second kappa shape index (κ2) is 9.26. The molecule has 3 N–H and O–H groups in total. The first-order valence-corrected chi connectivity index (χ1v) is 12.0. The van der Waals surface area contributed by atoms with Crippen molar-refractivity contribution in [2.45, 2.75) is 82.2 Å². The number of anilines is 1. The van der Waals surface area contributed by atoms with Crippen LogP contribution >= 0.6 is 0 Å². The van der Waals surface area contributed by atoms with E-state index >= 15 is 0 Å². The van der Waals surface area contributed by atoms with Crippen LogP contribution in [-0.4, -0.2) is 32.3 Å². The standard InChI is InChI=1S/C21H31N3O4S/c1-14(2)12-19(21(26)22-16-7-3-4-8-16)24-29(27,28)17-10-11-18-15(13-17)6-5-9-20(25)23-18/h10-11,13-14,16,19,24H,3-9,12H2,1-2H3,(H,22,26)(H,23,25). The summed E-state index contributed by atoms with van der Waals surface area (Å²) >= 11 is 0. The summed E-state index contributed by atoms with van der Waals surface area (Å²) in [4.78, 5) is 24.6. The van der Waals surface area contributed by atoms with E-state index in [2.05, 4.69) is 15.4 Å². The highest BCUT2D eigenvalue weighted by Gasteiger charge is 2.29. The summed E-state index contributed by atoms with van der Waals surface area (Å²) in [5.74, 6) is -0.145. The Morgan fingerprint density at radius 1 is 1.17 bits per heavy atom. The van der Waals surface area contributed by atoms with Crippen molar-refractivity contribution >= 4 is 27.5 Å². The van der Waals surface area contributed by atoms with Crippen molar-refractivity contribution in [3.8, 4) is 0 Å². The van der Waals surface area contributed by atoms with Gasteiger partial charge in [-0.05, 0) is 61.8 Å². The third-order valence-electron chi connectivity index (χ3n) is 5.53. The molecule has 1 saturated carbocycles. The van der Waals surface area contributed by atoms with E-state index in [0.717, 1.165) is 31.2 Å². The average molecular weight is 422 g/mol. The van der Waals surface area contributed by atoms with Crippen LogP contribution in [0.4, 0.5) is 5.69 Å². The van der Waals surface area contributed by atoms with Crippen LogP contribution in [0.15, 0.2) is 23.1 Å². The Kier molecular flexibility index (Phi) is 6.95. The second-order valence-electron chi connectivity index (χ2n) is 8.51. The van der Waals surface area contributed by atoms with Crippen LogP contribution < -0.4 is 15.4 Å². The Balaban J connectivity index is 1.78. The van der Waals surface area contributed by atoms with Crippen LogP contribution in [0.5, 0.6) is 0 Å². The fraction of sp³-hybridized carbons (Fsp3) is 0.619. The summed E-state index contributed by atoms with van der Waals surface area (Å²) in [7, 11) is -3.87. The molecule has 1 aliphatic heterocycles. The van der Waals surface area contributed by atoms with Gasteiger partial charge < -0.3 is 10.6 Å². The van der Waals surface area contributed by atoms with Crippen LogP contribution in [-0.2, 0) is 26.0 Å². The van der Waals surface area contributed by atoms with Gasteiger partial charge in [0.25, 0.3) is 0 Å². The van der Waals surface area contributed by atoms with Gasteiger partial charge in [-0.25, -0.2) is 8.42 Å². The molecule has 1 aliphatic carbocycles. The minimum Gasteiger partial charge on any atom is -0.352 e. The molecular weight excluding hydrogens is 390 g/mol. The minimum atomic E-state index is -3.87. The van der Waals surface area contributed by atoms with E-state index in [9.17, 15) is 18.0 Å². The van der Waals surface area contributed by atoms with Gasteiger partial charge in [0.05, 0.1) is 4.90 Å². The molecule has 7 nitrogen and oxygen atoms in total. The van der Waals surface area contributed by atoms with Crippen LogP contribution in [0.2, 0.25) is 0 Å². The number of carbonyl (C=O) groups excluding carboxylic acids is 2. The maximum absolute atomic E-state index is 13.0. The maximum Gasteiger partial charge on any atom is 0.241 e. The zero-order chi connectivity index (χ0) is 21.0. The minimum absolute atomic E-state index is 0.0573. The van der Waals surface area contributed by atoms with Crippen molar-refractivity contribution in [2.75, 3.05) is 5.32 Å². The van der Waals surface area contributed by atoms with Crippen molar-refractivity contribution in [3.05, 3.63) is 23.8 Å². The molecule has 3 rings (SSSR count). The molecule has 160 valence electrons. The van der Waals surface area contributed by atoms with Crippen LogP contribution in [0.1, 0.15) is 64.4 Å². The smallest absolute Gasteiger partial charge is 0.241 e. The highest BCUT2D eigenvalue weighted by molar-refractivity contribution is 7.89. The van der Waals surface area contributed by atoms with Gasteiger partial charge >= 0.3 is 0 Å². The van der Waals surface area contributed by atoms with Crippen LogP contribution in [0.25, 0.3) is 0 Å². The number of nitrogens with one attached hydrogen (secondary N) is 3. The Hall–Kier alpha value is -1.93. The number of fused-ring (bicyclic) bond motifs is 1. The molecular formula is C21H31N3O4S. The lowest BCUT2D eigenvalue weighted by molar-refractivity contribution is -0.123. The van der Waals surface area contributed by atoms with Gasteiger partial charge in [-0.1, -0.05) is 26.7 Å². The molecule has 2 amide bonds. The zero-order valence-electron chi connectivity index (χ0n) is 17.2. The number of benzene rings is 1. The molecule has 1 unspecified atom stereocenters. The number of aryl methyl sites for hydroxylation is 1. The first-order valence-electron chi connectivity index (χ1n) is 10.5. The molecule has 2 aliphatic rings. The highest BCUT2D eigenvalue weighted by Crippen LogP contribution is 2.25. The Morgan fingerprint density at radius 3 is 2.59 bits per heavy atom. The molecule has 8 heteroatoms. The Morgan fingerprint density at radius 2 is 1.90 bits per heavy atom. The van der Waals surface area contributed by atoms with E-state index in [-0.39, 0.29) is 28.7 Å². The number of rotatable bonds is 7. The summed E-state index contributed by atoms with van der Waals surface area (Å²) in [5.41, 5.74) is 1.46. The molecule has 1 fully saturated rings. The normalized spacial score (nSPS) is 18.8. The lowest BCUT2D eigenvalue weighted by Crippen LogP contribution is -2.49. The summed E-state index contributed by atoms with van der Waals surface area (Å²) in [6, 6.07) is 4.04. The molecule has 1 atom stereocenters. The Labute approximate surface area is 173 Å². The first kappa shape index (κ1) is 21.8. The molecule has 0 saturated heterocycles.